The van der Waals surface area contributed by atoms with E-state index in [0.717, 1.165) is 22.6 Å². The monoisotopic (exact) mass is 584 g/mol. The molecule has 0 unspecified atom stereocenters. The van der Waals surface area contributed by atoms with E-state index in [-0.39, 0.29) is 0 Å². The van der Waals surface area contributed by atoms with Crippen LogP contribution in [0.1, 0.15) is 0 Å². The van der Waals surface area contributed by atoms with Crippen molar-refractivity contribution < 1.29 is 0 Å². The number of rotatable bonds is 4. The maximum Gasteiger partial charge on any atom is 0.0890 e. The van der Waals surface area contributed by atoms with Crippen molar-refractivity contribution in [2.75, 3.05) is 4.90 Å². The van der Waals surface area contributed by atoms with Crippen LogP contribution in [0.15, 0.2) is 146 Å². The Morgan fingerprint density at radius 1 is 0.419 bits per heavy atom. The molecule has 4 heteroatoms. The third kappa shape index (κ3) is 4.10. The Labute approximate surface area is 256 Å². The second-order valence-corrected chi connectivity index (χ2v) is 13.0. The van der Waals surface area contributed by atoms with Crippen LogP contribution in [0.3, 0.4) is 0 Å². The van der Waals surface area contributed by atoms with Gasteiger partial charge in [0.15, 0.2) is 0 Å². The van der Waals surface area contributed by atoms with Crippen molar-refractivity contribution in [2.24, 2.45) is 0 Å². The molecule has 3 heterocycles. The zero-order chi connectivity index (χ0) is 28.3. The highest BCUT2D eigenvalue weighted by atomic mass is 32.1. The Balaban J connectivity index is 1.23. The average Bonchev–Trinajstić information content (AvgIpc) is 3.61. The second-order valence-electron chi connectivity index (χ2n) is 10.9. The molecular weight excluding hydrogens is 561 g/mol. The molecule has 0 N–H and O–H groups in total. The van der Waals surface area contributed by atoms with Crippen LogP contribution >= 0.6 is 22.7 Å². The molecule has 0 aliphatic heterocycles. The van der Waals surface area contributed by atoms with Crippen LogP contribution < -0.4 is 4.90 Å². The lowest BCUT2D eigenvalue weighted by molar-refractivity contribution is 1.26. The number of hydrogen-bond donors (Lipinski definition) is 0. The van der Waals surface area contributed by atoms with Gasteiger partial charge in [-0.3, -0.25) is 4.98 Å². The molecule has 0 atom stereocenters. The van der Waals surface area contributed by atoms with Crippen LogP contribution in [0.4, 0.5) is 17.1 Å². The summed E-state index contributed by atoms with van der Waals surface area (Å²) in [4.78, 5) is 7.43. The highest BCUT2D eigenvalue weighted by Crippen LogP contribution is 2.43. The summed E-state index contributed by atoms with van der Waals surface area (Å²) < 4.78 is 5.07. The summed E-state index contributed by atoms with van der Waals surface area (Å²) >= 11 is 3.67. The minimum Gasteiger partial charge on any atom is -0.309 e. The molecule has 9 rings (SSSR count). The smallest absolute Gasteiger partial charge is 0.0890 e. The molecular formula is C39H24N2S2. The molecule has 0 radical (unpaired) electrons. The molecule has 0 aliphatic carbocycles. The minimum absolute atomic E-state index is 1.05. The molecule has 6 aromatic carbocycles. The van der Waals surface area contributed by atoms with Crippen molar-refractivity contribution in [1.82, 2.24) is 4.98 Å². The van der Waals surface area contributed by atoms with E-state index in [2.05, 4.69) is 144 Å². The lowest BCUT2D eigenvalue weighted by Crippen LogP contribution is -2.10. The summed E-state index contributed by atoms with van der Waals surface area (Å²) in [7, 11) is 0. The number of aromatic nitrogens is 1. The number of benzene rings is 6. The Morgan fingerprint density at radius 3 is 1.95 bits per heavy atom. The maximum absolute atomic E-state index is 5.09. The largest absolute Gasteiger partial charge is 0.309 e. The maximum atomic E-state index is 5.09. The van der Waals surface area contributed by atoms with E-state index in [1.165, 1.54) is 56.9 Å². The van der Waals surface area contributed by atoms with E-state index in [1.54, 1.807) is 0 Å². The average molecular weight is 585 g/mol. The van der Waals surface area contributed by atoms with Crippen LogP contribution in [0.5, 0.6) is 0 Å². The summed E-state index contributed by atoms with van der Waals surface area (Å²) in [5.41, 5.74) is 6.76. The molecule has 43 heavy (non-hydrogen) atoms. The molecule has 0 amide bonds. The SMILES string of the molecule is c1ccc(-c2ccc(N(c3cnc4c(c3)sc3cc5ccccc5cc34)c3ccc4sc5ccccc5c4c3)cc2)cc1. The fraction of sp³-hybridized carbons (Fsp3) is 0. The number of hydrogen-bond acceptors (Lipinski definition) is 4. The Morgan fingerprint density at radius 2 is 1.09 bits per heavy atom. The van der Waals surface area contributed by atoms with Crippen LogP contribution in [0.25, 0.3) is 62.4 Å². The topological polar surface area (TPSA) is 16.1 Å². The molecule has 0 spiro atoms. The van der Waals surface area contributed by atoms with Gasteiger partial charge in [0.05, 0.1) is 22.1 Å². The summed E-state index contributed by atoms with van der Waals surface area (Å²) in [6.07, 6.45) is 2.03. The number of fused-ring (bicyclic) bond motifs is 7. The molecule has 9 aromatic rings. The van der Waals surface area contributed by atoms with Crippen molar-refractivity contribution in [2.45, 2.75) is 0 Å². The minimum atomic E-state index is 1.05. The van der Waals surface area contributed by atoms with Gasteiger partial charge in [0.1, 0.15) is 0 Å². The lowest BCUT2D eigenvalue weighted by Gasteiger charge is -2.25. The number of thiophene rings is 2. The second kappa shape index (κ2) is 9.77. The number of nitrogens with zero attached hydrogens (tertiary/aromatic N) is 2. The van der Waals surface area contributed by atoms with Crippen LogP contribution in [0.2, 0.25) is 0 Å². The van der Waals surface area contributed by atoms with Crippen molar-refractivity contribution >= 4 is 91.0 Å². The molecule has 0 fully saturated rings. The first kappa shape index (κ1) is 24.6. The van der Waals surface area contributed by atoms with Gasteiger partial charge in [-0.2, -0.15) is 0 Å². The van der Waals surface area contributed by atoms with Gasteiger partial charge < -0.3 is 4.90 Å². The molecule has 2 nitrogen and oxygen atoms in total. The first-order valence-corrected chi connectivity index (χ1v) is 16.0. The number of anilines is 3. The summed E-state index contributed by atoms with van der Waals surface area (Å²) in [5, 5.41) is 6.31. The molecule has 202 valence electrons. The molecule has 3 aromatic heterocycles. The standard InChI is InChI=1S/C39H24N2S2/c1-2-8-25(9-3-1)26-14-16-29(17-15-26)41(30-18-19-36-33(22-30)32-12-6-7-13-35(32)42-36)31-23-38-39(40-24-31)34-20-27-10-4-5-11-28(27)21-37(34)43-38/h1-24H. The number of pyridine rings is 1. The van der Waals surface area contributed by atoms with Gasteiger partial charge in [0.25, 0.3) is 0 Å². The Bertz CT molecular complexity index is 2450. The van der Waals surface area contributed by atoms with Crippen molar-refractivity contribution in [3.05, 3.63) is 146 Å². The zero-order valence-electron chi connectivity index (χ0n) is 23.1. The van der Waals surface area contributed by atoms with E-state index in [0.29, 0.717) is 0 Å². The van der Waals surface area contributed by atoms with Crippen LogP contribution in [-0.4, -0.2) is 4.98 Å². The molecule has 0 saturated carbocycles. The van der Waals surface area contributed by atoms with E-state index < -0.39 is 0 Å². The van der Waals surface area contributed by atoms with Crippen molar-refractivity contribution in [3.8, 4) is 11.1 Å². The van der Waals surface area contributed by atoms with E-state index in [1.807, 2.05) is 28.9 Å². The Hall–Kier alpha value is -5.03. The zero-order valence-corrected chi connectivity index (χ0v) is 24.7. The molecule has 0 aliphatic rings. The highest BCUT2D eigenvalue weighted by molar-refractivity contribution is 7.26. The molecule has 0 saturated heterocycles. The van der Waals surface area contributed by atoms with Gasteiger partial charge in [-0.05, 0) is 76.5 Å². The normalized spacial score (nSPS) is 11.7. The van der Waals surface area contributed by atoms with Gasteiger partial charge >= 0.3 is 0 Å². The summed E-state index contributed by atoms with van der Waals surface area (Å²) in [5.74, 6) is 0. The summed E-state index contributed by atoms with van der Waals surface area (Å²) in [6.45, 7) is 0. The first-order valence-electron chi connectivity index (χ1n) is 14.4. The third-order valence-electron chi connectivity index (χ3n) is 8.27. The molecule has 0 bridgehead atoms. The van der Waals surface area contributed by atoms with Crippen LogP contribution in [0, 0.1) is 0 Å². The van der Waals surface area contributed by atoms with Gasteiger partial charge in [0, 0.05) is 41.6 Å². The fourth-order valence-electron chi connectivity index (χ4n) is 6.18. The van der Waals surface area contributed by atoms with Gasteiger partial charge in [-0.15, -0.1) is 22.7 Å². The van der Waals surface area contributed by atoms with Crippen molar-refractivity contribution in [1.29, 1.82) is 0 Å². The van der Waals surface area contributed by atoms with Gasteiger partial charge in [0.2, 0.25) is 0 Å². The van der Waals surface area contributed by atoms with Gasteiger partial charge in [-0.25, -0.2) is 0 Å². The Kier molecular flexibility index (Phi) is 5.58. The van der Waals surface area contributed by atoms with E-state index in [9.17, 15) is 0 Å². The third-order valence-corrected chi connectivity index (χ3v) is 10.5. The van der Waals surface area contributed by atoms with E-state index in [4.69, 9.17) is 4.98 Å². The fourth-order valence-corrected chi connectivity index (χ4v) is 8.39. The first-order chi connectivity index (χ1) is 21.3. The summed E-state index contributed by atoms with van der Waals surface area (Å²) in [6, 6.07) is 50.4. The predicted molar refractivity (Wildman–Crippen MR) is 188 cm³/mol. The predicted octanol–water partition coefficient (Wildman–Crippen LogP) is 12.1. The highest BCUT2D eigenvalue weighted by Gasteiger charge is 2.17. The van der Waals surface area contributed by atoms with E-state index >= 15 is 0 Å². The quantitative estimate of drug-likeness (QED) is 0.205. The lowest BCUT2D eigenvalue weighted by atomic mass is 10.0. The van der Waals surface area contributed by atoms with Gasteiger partial charge in [-0.1, -0.05) is 84.9 Å². The van der Waals surface area contributed by atoms with Crippen molar-refractivity contribution in [3.63, 3.8) is 0 Å². The van der Waals surface area contributed by atoms with Crippen LogP contribution in [-0.2, 0) is 0 Å².